The van der Waals surface area contributed by atoms with E-state index in [2.05, 4.69) is 16.4 Å². The number of fused-ring (bicyclic) bond motifs is 1. The maximum absolute atomic E-state index is 13.2. The summed E-state index contributed by atoms with van der Waals surface area (Å²) in [5, 5.41) is 21.6. The second-order valence-corrected chi connectivity index (χ2v) is 8.53. The van der Waals surface area contributed by atoms with Gasteiger partial charge in [0, 0.05) is 10.6 Å². The van der Waals surface area contributed by atoms with E-state index < -0.39 is 23.2 Å². The van der Waals surface area contributed by atoms with Crippen molar-refractivity contribution in [2.24, 2.45) is 0 Å². The second-order valence-electron chi connectivity index (χ2n) is 6.46. The van der Waals surface area contributed by atoms with Gasteiger partial charge in [-0.05, 0) is 44.2 Å². The zero-order valence-corrected chi connectivity index (χ0v) is 16.9. The highest BCUT2D eigenvalue weighted by molar-refractivity contribution is 8.00. The minimum absolute atomic E-state index is 0.108. The van der Waals surface area contributed by atoms with Crippen molar-refractivity contribution < 1.29 is 18.0 Å². The normalized spacial score (nSPS) is 13.3. The lowest BCUT2D eigenvalue weighted by atomic mass is 9.96. The highest BCUT2D eigenvalue weighted by atomic mass is 32.2. The van der Waals surface area contributed by atoms with E-state index >= 15 is 0 Å². The number of halogens is 3. The molecule has 0 radical (unpaired) electrons. The molecule has 1 aliphatic rings. The molecule has 5 nitrogen and oxygen atoms in total. The largest absolute Gasteiger partial charge is 0.417 e. The standard InChI is InChI=1S/C19H15F3N4OS2/c1-10-6-14(19(20,21)22)13(8-24)17(25-10)28-9-16(27)26-18-12(7-23)11-4-2-3-5-15(11)29-18/h6H,2-5,9H2,1H3,(H,26,27). The first kappa shape index (κ1) is 21.2. The predicted molar refractivity (Wildman–Crippen MR) is 104 cm³/mol. The van der Waals surface area contributed by atoms with Crippen LogP contribution in [0, 0.1) is 29.6 Å². The van der Waals surface area contributed by atoms with Gasteiger partial charge in [-0.1, -0.05) is 11.8 Å². The van der Waals surface area contributed by atoms with Gasteiger partial charge in [-0.2, -0.15) is 23.7 Å². The van der Waals surface area contributed by atoms with Crippen LogP contribution in [0.25, 0.3) is 0 Å². The van der Waals surface area contributed by atoms with Gasteiger partial charge in [-0.15, -0.1) is 11.3 Å². The van der Waals surface area contributed by atoms with Gasteiger partial charge >= 0.3 is 6.18 Å². The first-order valence-corrected chi connectivity index (χ1v) is 10.5. The van der Waals surface area contributed by atoms with E-state index in [4.69, 9.17) is 0 Å². The number of hydrogen-bond donors (Lipinski definition) is 1. The van der Waals surface area contributed by atoms with Crippen LogP contribution in [0.2, 0.25) is 0 Å². The van der Waals surface area contributed by atoms with E-state index in [1.807, 2.05) is 0 Å². The van der Waals surface area contributed by atoms with Crippen molar-refractivity contribution in [1.82, 2.24) is 4.98 Å². The highest BCUT2D eigenvalue weighted by Gasteiger charge is 2.35. The van der Waals surface area contributed by atoms with Gasteiger partial charge in [0.15, 0.2) is 0 Å². The number of carbonyl (C=O) groups excluding carboxylic acids is 1. The summed E-state index contributed by atoms with van der Waals surface area (Å²) in [5.74, 6) is -0.693. The number of aryl methyl sites for hydroxylation is 2. The number of rotatable bonds is 4. The Hall–Kier alpha value is -2.56. The number of thioether (sulfide) groups is 1. The quantitative estimate of drug-likeness (QED) is 0.694. The Kier molecular flexibility index (Phi) is 6.15. The molecule has 0 unspecified atom stereocenters. The fourth-order valence-electron chi connectivity index (χ4n) is 3.15. The van der Waals surface area contributed by atoms with Gasteiger partial charge < -0.3 is 5.32 Å². The summed E-state index contributed by atoms with van der Waals surface area (Å²) < 4.78 is 39.5. The Bertz CT molecular complexity index is 1050. The number of nitrogens with one attached hydrogen (secondary N) is 1. The molecule has 1 N–H and O–H groups in total. The number of carbonyl (C=O) groups is 1. The van der Waals surface area contributed by atoms with Crippen molar-refractivity contribution >= 4 is 34.0 Å². The van der Waals surface area contributed by atoms with Crippen LogP contribution in [-0.4, -0.2) is 16.6 Å². The maximum atomic E-state index is 13.2. The summed E-state index contributed by atoms with van der Waals surface area (Å²) >= 11 is 2.14. The van der Waals surface area contributed by atoms with Crippen LogP contribution in [0.3, 0.4) is 0 Å². The van der Waals surface area contributed by atoms with E-state index in [9.17, 15) is 28.5 Å². The van der Waals surface area contributed by atoms with Gasteiger partial charge in [0.1, 0.15) is 22.2 Å². The van der Waals surface area contributed by atoms with Gasteiger partial charge in [0.25, 0.3) is 0 Å². The number of pyridine rings is 1. The Balaban J connectivity index is 1.77. The van der Waals surface area contributed by atoms with E-state index in [0.29, 0.717) is 10.6 Å². The lowest BCUT2D eigenvalue weighted by molar-refractivity contribution is -0.138. The first-order chi connectivity index (χ1) is 13.7. The molecule has 1 aliphatic carbocycles. The second kappa shape index (κ2) is 8.44. The zero-order valence-electron chi connectivity index (χ0n) is 15.3. The van der Waals surface area contributed by atoms with Gasteiger partial charge in [-0.25, -0.2) is 4.98 Å². The summed E-state index contributed by atoms with van der Waals surface area (Å²) in [5.41, 5.74) is -0.0994. The molecule has 0 aromatic carbocycles. The number of amides is 1. The molecule has 0 saturated carbocycles. The zero-order chi connectivity index (χ0) is 21.2. The van der Waals surface area contributed by atoms with E-state index in [1.54, 1.807) is 6.07 Å². The minimum atomic E-state index is -4.69. The third kappa shape index (κ3) is 4.55. The number of thiophene rings is 1. The molecule has 29 heavy (non-hydrogen) atoms. The van der Waals surface area contributed by atoms with E-state index in [0.717, 1.165) is 54.0 Å². The molecule has 1 amide bonds. The lowest BCUT2D eigenvalue weighted by Crippen LogP contribution is -2.15. The molecule has 0 atom stereocenters. The fourth-order valence-corrected chi connectivity index (χ4v) is 5.25. The number of nitrogens with zero attached hydrogens (tertiary/aromatic N) is 3. The van der Waals surface area contributed by atoms with Crippen LogP contribution in [0.4, 0.5) is 18.2 Å². The Morgan fingerprint density at radius 3 is 2.62 bits per heavy atom. The number of nitriles is 2. The third-order valence-electron chi connectivity index (χ3n) is 4.41. The number of aromatic nitrogens is 1. The van der Waals surface area contributed by atoms with Crippen LogP contribution in [-0.2, 0) is 23.8 Å². The monoisotopic (exact) mass is 436 g/mol. The Morgan fingerprint density at radius 1 is 1.28 bits per heavy atom. The Labute approximate surface area is 173 Å². The van der Waals surface area contributed by atoms with Crippen LogP contribution in [0.15, 0.2) is 11.1 Å². The van der Waals surface area contributed by atoms with Crippen LogP contribution in [0.5, 0.6) is 0 Å². The van der Waals surface area contributed by atoms with Crippen LogP contribution >= 0.6 is 23.1 Å². The lowest BCUT2D eigenvalue weighted by Gasteiger charge is -2.12. The summed E-state index contributed by atoms with van der Waals surface area (Å²) in [4.78, 5) is 17.5. The smallest absolute Gasteiger partial charge is 0.316 e. The molecule has 0 aliphatic heterocycles. The molecule has 3 rings (SSSR count). The summed E-state index contributed by atoms with van der Waals surface area (Å²) in [7, 11) is 0. The molecule has 0 bridgehead atoms. The highest BCUT2D eigenvalue weighted by Crippen LogP contribution is 2.38. The minimum Gasteiger partial charge on any atom is -0.316 e. The SMILES string of the molecule is Cc1cc(C(F)(F)F)c(C#N)c(SCC(=O)Nc2sc3c(c2C#N)CCCC3)n1. The third-order valence-corrected chi connectivity index (χ3v) is 6.59. The average molecular weight is 436 g/mol. The van der Waals surface area contributed by atoms with Gasteiger partial charge in [0.2, 0.25) is 5.91 Å². The Morgan fingerprint density at radius 2 is 1.97 bits per heavy atom. The number of hydrogen-bond acceptors (Lipinski definition) is 6. The van der Waals surface area contributed by atoms with Crippen molar-refractivity contribution in [3.63, 3.8) is 0 Å². The summed E-state index contributed by atoms with van der Waals surface area (Å²) in [6, 6.07) is 4.51. The van der Waals surface area contributed by atoms with E-state index in [-0.39, 0.29) is 16.5 Å². The summed E-state index contributed by atoms with van der Waals surface area (Å²) in [6.07, 6.45) is -0.969. The number of anilines is 1. The maximum Gasteiger partial charge on any atom is 0.417 e. The molecular formula is C19H15F3N4OS2. The van der Waals surface area contributed by atoms with Gasteiger partial charge in [0.05, 0.1) is 22.4 Å². The van der Waals surface area contributed by atoms with Crippen molar-refractivity contribution in [3.05, 3.63) is 38.9 Å². The average Bonchev–Trinajstić information content (AvgIpc) is 3.02. The molecule has 10 heteroatoms. The van der Waals surface area contributed by atoms with Crippen LogP contribution in [0.1, 0.15) is 45.7 Å². The predicted octanol–water partition coefficient (Wildman–Crippen LogP) is 4.82. The first-order valence-electron chi connectivity index (χ1n) is 8.70. The topological polar surface area (TPSA) is 89.6 Å². The van der Waals surface area contributed by atoms with Crippen LogP contribution < -0.4 is 5.32 Å². The molecule has 0 fully saturated rings. The molecule has 0 spiro atoms. The van der Waals surface area contributed by atoms with Crippen molar-refractivity contribution in [2.45, 2.75) is 43.8 Å². The fraction of sp³-hybridized carbons (Fsp3) is 0.368. The van der Waals surface area contributed by atoms with E-state index in [1.165, 1.54) is 18.3 Å². The van der Waals surface area contributed by atoms with Crippen molar-refractivity contribution in [2.75, 3.05) is 11.1 Å². The molecule has 2 heterocycles. The summed E-state index contributed by atoms with van der Waals surface area (Å²) in [6.45, 7) is 1.40. The van der Waals surface area contributed by atoms with Gasteiger partial charge in [-0.3, -0.25) is 4.79 Å². The molecule has 0 saturated heterocycles. The number of alkyl halides is 3. The van der Waals surface area contributed by atoms with Crippen molar-refractivity contribution in [3.8, 4) is 12.1 Å². The molecule has 2 aromatic rings. The molecule has 150 valence electrons. The molecule has 2 aromatic heterocycles. The molecular weight excluding hydrogens is 421 g/mol. The van der Waals surface area contributed by atoms with Crippen molar-refractivity contribution in [1.29, 1.82) is 10.5 Å².